The Labute approximate surface area is 247 Å². The van der Waals surface area contributed by atoms with E-state index in [4.69, 9.17) is 9.47 Å². The Bertz CT molecular complexity index is 1540. The van der Waals surface area contributed by atoms with E-state index in [1.807, 2.05) is 0 Å². The number of fused-ring (bicyclic) bond motifs is 1. The van der Waals surface area contributed by atoms with E-state index in [1.165, 1.54) is 48.6 Å². The molecule has 2 aromatic heterocycles. The summed E-state index contributed by atoms with van der Waals surface area (Å²) in [6.07, 6.45) is 10.5. The number of aromatic nitrogens is 4. The van der Waals surface area contributed by atoms with Crippen molar-refractivity contribution in [3.05, 3.63) is 60.7 Å². The predicted molar refractivity (Wildman–Crippen MR) is 158 cm³/mol. The first kappa shape index (κ1) is 30.1. The van der Waals surface area contributed by atoms with Crippen molar-refractivity contribution < 1.29 is 28.2 Å². The topological polar surface area (TPSA) is 127 Å². The summed E-state index contributed by atoms with van der Waals surface area (Å²) >= 11 is 0. The molecule has 0 bridgehead atoms. The molecule has 1 fully saturated rings. The molecule has 228 valence electrons. The van der Waals surface area contributed by atoms with Gasteiger partial charge in [-0.05, 0) is 31.0 Å². The number of halogens is 2. The number of hydrogen-bond acceptors (Lipinski definition) is 9. The summed E-state index contributed by atoms with van der Waals surface area (Å²) < 4.78 is 40.4. The predicted octanol–water partition coefficient (Wildman–Crippen LogP) is 4.50. The second-order valence-corrected chi connectivity index (χ2v) is 10.3. The van der Waals surface area contributed by atoms with Gasteiger partial charge in [0.2, 0.25) is 5.91 Å². The number of carbonyl (C=O) groups excluding carboxylic acids is 1. The van der Waals surface area contributed by atoms with E-state index in [0.29, 0.717) is 59.6 Å². The molecule has 4 aromatic rings. The zero-order chi connectivity index (χ0) is 30.2. The number of benzene rings is 2. The van der Waals surface area contributed by atoms with E-state index in [-0.39, 0.29) is 18.8 Å². The number of anilines is 3. The normalized spacial score (nSPS) is 13.8. The number of carbonyl (C=O) groups is 1. The smallest absolute Gasteiger partial charge is 0.246 e. The highest BCUT2D eigenvalue weighted by molar-refractivity contribution is 5.93. The Hall–Kier alpha value is -4.36. The van der Waals surface area contributed by atoms with E-state index >= 15 is 0 Å². The molecule has 13 heteroatoms. The molecule has 5 rings (SSSR count). The summed E-state index contributed by atoms with van der Waals surface area (Å²) in [5.41, 5.74) is 0.944. The van der Waals surface area contributed by atoms with Gasteiger partial charge in [0.05, 0.1) is 36.8 Å². The number of methoxy groups -OCH3 is 1. The van der Waals surface area contributed by atoms with Crippen molar-refractivity contribution in [2.24, 2.45) is 0 Å². The van der Waals surface area contributed by atoms with Gasteiger partial charge < -0.3 is 25.2 Å². The van der Waals surface area contributed by atoms with Crippen molar-refractivity contribution in [3.63, 3.8) is 0 Å². The van der Waals surface area contributed by atoms with E-state index in [2.05, 4.69) is 30.6 Å². The average molecular weight is 596 g/mol. The molecule has 0 aliphatic heterocycles. The van der Waals surface area contributed by atoms with E-state index in [0.717, 1.165) is 18.9 Å². The number of aliphatic hydroxyl groups excluding tert-OH is 1. The first-order valence-electron chi connectivity index (χ1n) is 14.3. The molecule has 3 N–H and O–H groups in total. The Morgan fingerprint density at radius 2 is 1.98 bits per heavy atom. The van der Waals surface area contributed by atoms with Gasteiger partial charge in [-0.25, -0.2) is 18.7 Å². The molecule has 0 spiro atoms. The lowest BCUT2D eigenvalue weighted by atomic mass is 9.94. The van der Waals surface area contributed by atoms with Crippen LogP contribution in [0.4, 0.5) is 26.0 Å². The maximum absolute atomic E-state index is 13.9. The lowest BCUT2D eigenvalue weighted by Crippen LogP contribution is -2.41. The van der Waals surface area contributed by atoms with Crippen molar-refractivity contribution in [2.45, 2.75) is 44.7 Å². The van der Waals surface area contributed by atoms with Gasteiger partial charge in [0, 0.05) is 36.8 Å². The minimum Gasteiger partial charge on any atom is -0.493 e. The zero-order valence-corrected chi connectivity index (χ0v) is 23.9. The molecule has 0 saturated heterocycles. The molecule has 1 saturated carbocycles. The third kappa shape index (κ3) is 7.54. The van der Waals surface area contributed by atoms with Crippen LogP contribution < -0.4 is 20.1 Å². The SMILES string of the molecule is COc1cc2c(Nc3cnn(CC(=O)Nc4cccc(F)c4F)c3)ncnc2cc1OCCN(CCO)C1CCCCC1. The van der Waals surface area contributed by atoms with Crippen LogP contribution in [0.15, 0.2) is 49.1 Å². The number of nitrogens with one attached hydrogen (secondary N) is 2. The van der Waals surface area contributed by atoms with Crippen molar-refractivity contribution in [2.75, 3.05) is 44.0 Å². The summed E-state index contributed by atoms with van der Waals surface area (Å²) in [5.74, 6) is -1.17. The maximum atomic E-state index is 13.9. The first-order chi connectivity index (χ1) is 20.9. The fourth-order valence-electron chi connectivity index (χ4n) is 5.35. The summed E-state index contributed by atoms with van der Waals surface area (Å²) in [6, 6.07) is 7.64. The molecule has 2 aromatic carbocycles. The lowest BCUT2D eigenvalue weighted by Gasteiger charge is -2.33. The van der Waals surface area contributed by atoms with Crippen LogP contribution in [-0.4, -0.2) is 75.1 Å². The quantitative estimate of drug-likeness (QED) is 0.205. The Morgan fingerprint density at radius 1 is 1.14 bits per heavy atom. The third-order valence-corrected chi connectivity index (χ3v) is 7.46. The van der Waals surface area contributed by atoms with Gasteiger partial charge in [-0.2, -0.15) is 5.10 Å². The Balaban J connectivity index is 1.24. The van der Waals surface area contributed by atoms with Crippen molar-refractivity contribution in [1.82, 2.24) is 24.6 Å². The second kappa shape index (κ2) is 14.2. The summed E-state index contributed by atoms with van der Waals surface area (Å²) in [4.78, 5) is 23.4. The fourth-order valence-corrected chi connectivity index (χ4v) is 5.35. The second-order valence-electron chi connectivity index (χ2n) is 10.3. The van der Waals surface area contributed by atoms with E-state index in [1.54, 1.807) is 25.4 Å². The molecule has 1 aliphatic rings. The van der Waals surface area contributed by atoms with Gasteiger partial charge in [0.15, 0.2) is 23.1 Å². The number of aliphatic hydroxyl groups is 1. The molecular formula is C30H35F2N7O4. The lowest BCUT2D eigenvalue weighted by molar-refractivity contribution is -0.116. The summed E-state index contributed by atoms with van der Waals surface area (Å²) in [6.45, 7) is 1.66. The van der Waals surface area contributed by atoms with Gasteiger partial charge in [0.25, 0.3) is 0 Å². The van der Waals surface area contributed by atoms with Crippen LogP contribution in [0, 0.1) is 11.6 Å². The van der Waals surface area contributed by atoms with Crippen LogP contribution in [0.5, 0.6) is 11.5 Å². The summed E-state index contributed by atoms with van der Waals surface area (Å²) in [5, 5.41) is 19.9. The van der Waals surface area contributed by atoms with Gasteiger partial charge in [-0.15, -0.1) is 0 Å². The van der Waals surface area contributed by atoms with Gasteiger partial charge in [-0.1, -0.05) is 25.3 Å². The molecular weight excluding hydrogens is 560 g/mol. The minimum atomic E-state index is -1.12. The van der Waals surface area contributed by atoms with E-state index in [9.17, 15) is 18.7 Å². The van der Waals surface area contributed by atoms with Crippen molar-refractivity contribution in [1.29, 1.82) is 0 Å². The number of ether oxygens (including phenoxy) is 2. The summed E-state index contributed by atoms with van der Waals surface area (Å²) in [7, 11) is 1.57. The van der Waals surface area contributed by atoms with Crippen LogP contribution in [0.2, 0.25) is 0 Å². The molecule has 0 unspecified atom stereocenters. The fraction of sp³-hybridized carbons (Fsp3) is 0.400. The zero-order valence-electron chi connectivity index (χ0n) is 23.9. The van der Waals surface area contributed by atoms with Gasteiger partial charge in [-0.3, -0.25) is 14.4 Å². The number of hydrogen-bond donors (Lipinski definition) is 3. The third-order valence-electron chi connectivity index (χ3n) is 7.46. The van der Waals surface area contributed by atoms with Crippen LogP contribution in [0.3, 0.4) is 0 Å². The van der Waals surface area contributed by atoms with Crippen molar-refractivity contribution >= 4 is 34.0 Å². The van der Waals surface area contributed by atoms with Crippen LogP contribution >= 0.6 is 0 Å². The van der Waals surface area contributed by atoms with Crippen LogP contribution in [0.1, 0.15) is 32.1 Å². The molecule has 0 radical (unpaired) electrons. The van der Waals surface area contributed by atoms with Crippen molar-refractivity contribution in [3.8, 4) is 11.5 Å². The van der Waals surface area contributed by atoms with Crippen LogP contribution in [0.25, 0.3) is 10.9 Å². The highest BCUT2D eigenvalue weighted by Gasteiger charge is 2.21. The highest BCUT2D eigenvalue weighted by atomic mass is 19.2. The molecule has 2 heterocycles. The van der Waals surface area contributed by atoms with Gasteiger partial charge >= 0.3 is 0 Å². The largest absolute Gasteiger partial charge is 0.493 e. The standard InChI is InChI=1S/C30H35F2N7O4/c1-42-26-14-22-25(15-27(26)43-13-11-38(10-12-40)21-6-3-2-4-7-21)33-19-34-30(22)36-20-16-35-39(17-20)18-28(41)37-24-9-5-8-23(31)29(24)32/h5,8-9,14-17,19,21,40H,2-4,6-7,10-13,18H2,1H3,(H,37,41)(H,33,34,36). The maximum Gasteiger partial charge on any atom is 0.246 e. The van der Waals surface area contributed by atoms with Crippen LogP contribution in [-0.2, 0) is 11.3 Å². The molecule has 11 nitrogen and oxygen atoms in total. The number of amides is 1. The number of nitrogens with zero attached hydrogens (tertiary/aromatic N) is 5. The number of rotatable bonds is 13. The molecule has 1 aliphatic carbocycles. The Kier molecular flexibility index (Phi) is 9.95. The molecule has 43 heavy (non-hydrogen) atoms. The molecule has 1 amide bonds. The monoisotopic (exact) mass is 595 g/mol. The molecule has 0 atom stereocenters. The van der Waals surface area contributed by atoms with Gasteiger partial charge in [0.1, 0.15) is 25.3 Å². The van der Waals surface area contributed by atoms with E-state index < -0.39 is 17.5 Å². The first-order valence-corrected chi connectivity index (χ1v) is 14.3. The minimum absolute atomic E-state index is 0.115. The highest BCUT2D eigenvalue weighted by Crippen LogP contribution is 2.35. The average Bonchev–Trinajstić information content (AvgIpc) is 3.45. The Morgan fingerprint density at radius 3 is 2.77 bits per heavy atom.